The molecule has 0 radical (unpaired) electrons. The van der Waals surface area contributed by atoms with Crippen LogP contribution in [0.15, 0.2) is 114 Å². The second kappa shape index (κ2) is 13.0. The molecule has 0 fully saturated rings. The van der Waals surface area contributed by atoms with Crippen LogP contribution in [0.3, 0.4) is 0 Å². The molecule has 0 atom stereocenters. The molecule has 0 aliphatic carbocycles. The Bertz CT molecular complexity index is 1690. The van der Waals surface area contributed by atoms with Crippen molar-refractivity contribution < 1.29 is 14.0 Å². The van der Waals surface area contributed by atoms with E-state index in [0.29, 0.717) is 22.8 Å². The Labute approximate surface area is 244 Å². The predicted molar refractivity (Wildman–Crippen MR) is 157 cm³/mol. The van der Waals surface area contributed by atoms with Crippen LogP contribution >= 0.6 is 23.4 Å². The highest BCUT2D eigenvalue weighted by atomic mass is 35.5. The number of amides is 2. The quantitative estimate of drug-likeness (QED) is 0.159. The molecule has 5 aromatic rings. The zero-order valence-corrected chi connectivity index (χ0v) is 22.9. The minimum absolute atomic E-state index is 0.0203. The molecule has 5 rings (SSSR count). The number of carbonyl (C=O) groups excluding carboxylic acids is 2. The maximum atomic E-state index is 14.6. The zero-order chi connectivity index (χ0) is 28.6. The van der Waals surface area contributed by atoms with Gasteiger partial charge in [-0.25, -0.2) is 4.39 Å². The molecule has 0 bridgehead atoms. The van der Waals surface area contributed by atoms with E-state index in [9.17, 15) is 14.0 Å². The number of nitrogens with one attached hydrogen (secondary N) is 2. The topological polar surface area (TPSA) is 102 Å². The van der Waals surface area contributed by atoms with Crippen LogP contribution in [0.4, 0.5) is 10.1 Å². The molecule has 0 unspecified atom stereocenters. The van der Waals surface area contributed by atoms with Gasteiger partial charge in [-0.2, -0.15) is 4.68 Å². The van der Waals surface area contributed by atoms with Gasteiger partial charge in [0, 0.05) is 21.7 Å². The maximum absolute atomic E-state index is 14.6. The first-order chi connectivity index (χ1) is 20.0. The molecule has 4 aromatic carbocycles. The van der Waals surface area contributed by atoms with Crippen LogP contribution < -0.4 is 10.6 Å². The number of aromatic nitrogens is 4. The molecule has 2 amide bonds. The van der Waals surface area contributed by atoms with Crippen molar-refractivity contribution >= 4 is 46.9 Å². The van der Waals surface area contributed by atoms with Crippen molar-refractivity contribution in [1.29, 1.82) is 0 Å². The lowest BCUT2D eigenvalue weighted by Gasteiger charge is -2.13. The third kappa shape index (κ3) is 7.05. The second-order valence-corrected chi connectivity index (χ2v) is 10.1. The van der Waals surface area contributed by atoms with Gasteiger partial charge in [-0.15, -0.1) is 16.9 Å². The molecular weight excluding hydrogens is 563 g/mol. The second-order valence-electron chi connectivity index (χ2n) is 8.63. The summed E-state index contributed by atoms with van der Waals surface area (Å²) in [5.74, 6) is -0.675. The van der Waals surface area contributed by atoms with Crippen LogP contribution in [0, 0.1) is 5.82 Å². The largest absolute Gasteiger partial charge is 0.321 e. The van der Waals surface area contributed by atoms with Gasteiger partial charge in [0.2, 0.25) is 0 Å². The molecule has 0 aliphatic heterocycles. The van der Waals surface area contributed by atoms with E-state index >= 15 is 0 Å². The van der Waals surface area contributed by atoms with Crippen LogP contribution in [0.1, 0.15) is 21.7 Å². The molecule has 0 saturated heterocycles. The van der Waals surface area contributed by atoms with E-state index in [0.717, 1.165) is 10.6 Å². The molecule has 204 valence electrons. The lowest BCUT2D eigenvalue weighted by atomic mass is 10.1. The van der Waals surface area contributed by atoms with Crippen molar-refractivity contribution in [2.45, 2.75) is 10.6 Å². The van der Waals surface area contributed by atoms with Gasteiger partial charge in [-0.3, -0.25) is 9.59 Å². The standard InChI is InChI=1S/C30H22ClFN6O2S/c31-25-15-8-16-26(32)24(25)18-27(34-29(39)20-9-3-1-4-10-20)30(40)33-21-11-7-14-23(17-21)41-19-28-35-36-37-38(28)22-12-5-2-6-13-22/h1-18H,19H2,(H,33,40)(H,34,39)/b27-18-. The zero-order valence-electron chi connectivity index (χ0n) is 21.4. The maximum Gasteiger partial charge on any atom is 0.272 e. The number of para-hydroxylation sites is 1. The molecule has 0 saturated carbocycles. The molecule has 8 nitrogen and oxygen atoms in total. The monoisotopic (exact) mass is 584 g/mol. The summed E-state index contributed by atoms with van der Waals surface area (Å²) in [5, 5.41) is 17.5. The Morgan fingerprint density at radius 3 is 2.41 bits per heavy atom. The van der Waals surface area contributed by atoms with Gasteiger partial charge in [0.15, 0.2) is 5.82 Å². The number of nitrogens with zero attached hydrogens (tertiary/aromatic N) is 4. The van der Waals surface area contributed by atoms with Crippen LogP contribution in [0.25, 0.3) is 11.8 Å². The molecule has 1 aromatic heterocycles. The van der Waals surface area contributed by atoms with E-state index < -0.39 is 17.6 Å². The Morgan fingerprint density at radius 2 is 1.66 bits per heavy atom. The van der Waals surface area contributed by atoms with E-state index in [1.165, 1.54) is 36.0 Å². The SMILES string of the molecule is O=C(Nc1cccc(SCc2nnnn2-c2ccccc2)c1)/C(=C/c1c(F)cccc1Cl)NC(=O)c1ccccc1. The average molecular weight is 585 g/mol. The fourth-order valence-corrected chi connectivity index (χ4v) is 4.89. The van der Waals surface area contributed by atoms with Gasteiger partial charge in [-0.1, -0.05) is 60.1 Å². The van der Waals surface area contributed by atoms with Crippen molar-refractivity contribution in [3.63, 3.8) is 0 Å². The van der Waals surface area contributed by atoms with Crippen LogP contribution in [0.5, 0.6) is 0 Å². The van der Waals surface area contributed by atoms with Gasteiger partial charge >= 0.3 is 0 Å². The Morgan fingerprint density at radius 1 is 0.927 bits per heavy atom. The first-order valence-corrected chi connectivity index (χ1v) is 13.7. The molecule has 0 spiro atoms. The van der Waals surface area contributed by atoms with Crippen molar-refractivity contribution in [3.8, 4) is 5.69 Å². The summed E-state index contributed by atoms with van der Waals surface area (Å²) in [4.78, 5) is 27.1. The molecule has 2 N–H and O–H groups in total. The lowest BCUT2D eigenvalue weighted by molar-refractivity contribution is -0.113. The summed E-state index contributed by atoms with van der Waals surface area (Å²) in [6.07, 6.45) is 1.22. The Balaban J connectivity index is 1.34. The highest BCUT2D eigenvalue weighted by Gasteiger charge is 2.17. The summed E-state index contributed by atoms with van der Waals surface area (Å²) >= 11 is 7.68. The molecule has 41 heavy (non-hydrogen) atoms. The number of halogens is 2. The number of anilines is 1. The average Bonchev–Trinajstić information content (AvgIpc) is 3.47. The highest BCUT2D eigenvalue weighted by molar-refractivity contribution is 7.98. The normalized spacial score (nSPS) is 11.2. The van der Waals surface area contributed by atoms with Gasteiger partial charge < -0.3 is 10.6 Å². The molecule has 11 heteroatoms. The van der Waals surface area contributed by atoms with E-state index in [1.54, 1.807) is 53.2 Å². The number of hydrogen-bond donors (Lipinski definition) is 2. The smallest absolute Gasteiger partial charge is 0.272 e. The van der Waals surface area contributed by atoms with Gasteiger partial charge in [-0.05, 0) is 71.1 Å². The van der Waals surface area contributed by atoms with Crippen LogP contribution in [-0.2, 0) is 10.5 Å². The minimum Gasteiger partial charge on any atom is -0.321 e. The first-order valence-electron chi connectivity index (χ1n) is 12.4. The number of rotatable bonds is 9. The third-order valence-corrected chi connectivity index (χ3v) is 7.13. The number of thioether (sulfide) groups is 1. The van der Waals surface area contributed by atoms with Crippen molar-refractivity contribution in [3.05, 3.63) is 137 Å². The predicted octanol–water partition coefficient (Wildman–Crippen LogP) is 6.16. The van der Waals surface area contributed by atoms with Crippen LogP contribution in [0.2, 0.25) is 5.02 Å². The summed E-state index contributed by atoms with van der Waals surface area (Å²) in [6, 6.07) is 29.3. The first kappa shape index (κ1) is 27.8. The van der Waals surface area contributed by atoms with E-state index in [-0.39, 0.29) is 16.3 Å². The number of hydrogen-bond acceptors (Lipinski definition) is 6. The van der Waals surface area contributed by atoms with Crippen molar-refractivity contribution in [2.75, 3.05) is 5.32 Å². The third-order valence-electron chi connectivity index (χ3n) is 5.81. The van der Waals surface area contributed by atoms with E-state index in [1.807, 2.05) is 36.4 Å². The lowest BCUT2D eigenvalue weighted by Crippen LogP contribution is -2.30. The van der Waals surface area contributed by atoms with E-state index in [2.05, 4.69) is 26.2 Å². The Hall–Kier alpha value is -4.80. The molecule has 1 heterocycles. The fraction of sp³-hybridized carbons (Fsp3) is 0.0333. The number of tetrazole rings is 1. The Kier molecular flexibility index (Phi) is 8.82. The number of benzene rings is 4. The van der Waals surface area contributed by atoms with Gasteiger partial charge in [0.1, 0.15) is 11.5 Å². The highest BCUT2D eigenvalue weighted by Crippen LogP contribution is 2.26. The fourth-order valence-electron chi connectivity index (χ4n) is 3.81. The number of carbonyl (C=O) groups is 2. The summed E-state index contributed by atoms with van der Waals surface area (Å²) in [7, 11) is 0. The summed E-state index contributed by atoms with van der Waals surface area (Å²) < 4.78 is 16.2. The van der Waals surface area contributed by atoms with E-state index in [4.69, 9.17) is 11.6 Å². The van der Waals surface area contributed by atoms with Gasteiger partial charge in [0.05, 0.1) is 16.5 Å². The minimum atomic E-state index is -0.649. The summed E-state index contributed by atoms with van der Waals surface area (Å²) in [5.41, 5.74) is 1.46. The molecule has 0 aliphatic rings. The van der Waals surface area contributed by atoms with Gasteiger partial charge in [0.25, 0.3) is 11.8 Å². The van der Waals surface area contributed by atoms with Crippen molar-refractivity contribution in [2.24, 2.45) is 0 Å². The summed E-state index contributed by atoms with van der Waals surface area (Å²) in [6.45, 7) is 0. The molecular formula is C30H22ClFN6O2S. The van der Waals surface area contributed by atoms with Crippen LogP contribution in [-0.4, -0.2) is 32.0 Å². The van der Waals surface area contributed by atoms with Crippen molar-refractivity contribution in [1.82, 2.24) is 25.5 Å².